The fraction of sp³-hybridized carbons (Fsp3) is 1.00. The van der Waals surface area contributed by atoms with Crippen LogP contribution in [0.1, 0.15) is 40.0 Å². The van der Waals surface area contributed by atoms with E-state index in [4.69, 9.17) is 4.74 Å². The average molecular weight is 261 g/mol. The van der Waals surface area contributed by atoms with Crippen molar-refractivity contribution in [3.63, 3.8) is 0 Å². The van der Waals surface area contributed by atoms with Crippen LogP contribution in [-0.4, -0.2) is 32.2 Å². The number of alkyl halides is 2. The second kappa shape index (κ2) is 5.04. The van der Waals surface area contributed by atoms with E-state index in [0.717, 1.165) is 5.92 Å². The molecule has 18 heavy (non-hydrogen) atoms. The molecule has 2 rings (SSSR count). The van der Waals surface area contributed by atoms with E-state index in [-0.39, 0.29) is 0 Å². The van der Waals surface area contributed by atoms with Crippen LogP contribution in [0.3, 0.4) is 0 Å². The number of hydrogen-bond donors (Lipinski definition) is 1. The molecular weight excluding hydrogens is 236 g/mol. The van der Waals surface area contributed by atoms with E-state index >= 15 is 0 Å². The Balaban J connectivity index is 1.75. The highest BCUT2D eigenvalue weighted by molar-refractivity contribution is 5.12. The van der Waals surface area contributed by atoms with Gasteiger partial charge >= 0.3 is 0 Å². The normalized spacial score (nSPS) is 37.7. The maximum absolute atomic E-state index is 11.9. The third-order valence-electron chi connectivity index (χ3n) is 5.68. The van der Waals surface area contributed by atoms with E-state index < -0.39 is 13.0 Å². The standard InChI is InChI=1S/C14H25F2NO/c1-13(2)10-4-5-14(13,3)11(8-10)17-6-7-18-9-12(15)16/h10-12,17H,4-9H2,1-3H3. The van der Waals surface area contributed by atoms with Crippen molar-refractivity contribution in [3.05, 3.63) is 0 Å². The van der Waals surface area contributed by atoms with Crippen LogP contribution in [0.5, 0.6) is 0 Å². The van der Waals surface area contributed by atoms with Crippen LogP contribution < -0.4 is 5.32 Å². The highest BCUT2D eigenvalue weighted by atomic mass is 19.3. The largest absolute Gasteiger partial charge is 0.374 e. The third-order valence-corrected chi connectivity index (χ3v) is 5.68. The first-order valence-electron chi connectivity index (χ1n) is 6.97. The van der Waals surface area contributed by atoms with Crippen LogP contribution in [0, 0.1) is 16.7 Å². The molecule has 2 aliphatic rings. The second-order valence-corrected chi connectivity index (χ2v) is 6.58. The zero-order chi connectivity index (χ0) is 13.4. The first kappa shape index (κ1) is 14.2. The lowest BCUT2D eigenvalue weighted by Gasteiger charge is -2.39. The molecule has 0 aromatic heterocycles. The molecule has 0 amide bonds. The summed E-state index contributed by atoms with van der Waals surface area (Å²) in [6, 6.07) is 0.515. The fourth-order valence-corrected chi connectivity index (χ4v) is 3.99. The minimum atomic E-state index is -2.36. The SMILES string of the molecule is CC1(C)C2CCC1(C)C(NCCOCC(F)F)C2. The molecule has 2 nitrogen and oxygen atoms in total. The Morgan fingerprint density at radius 2 is 2.06 bits per heavy atom. The number of halogens is 2. The second-order valence-electron chi connectivity index (χ2n) is 6.58. The number of nitrogens with one attached hydrogen (secondary N) is 1. The molecule has 2 aliphatic carbocycles. The molecule has 2 saturated carbocycles. The zero-order valence-corrected chi connectivity index (χ0v) is 11.6. The molecule has 0 aliphatic heterocycles. The number of fused-ring (bicyclic) bond motifs is 2. The van der Waals surface area contributed by atoms with Crippen LogP contribution >= 0.6 is 0 Å². The molecule has 2 fully saturated rings. The Morgan fingerprint density at radius 1 is 1.33 bits per heavy atom. The quantitative estimate of drug-likeness (QED) is 0.742. The van der Waals surface area contributed by atoms with Gasteiger partial charge in [-0.2, -0.15) is 0 Å². The summed E-state index contributed by atoms with van der Waals surface area (Å²) in [7, 11) is 0. The van der Waals surface area contributed by atoms with Crippen LogP contribution in [0.2, 0.25) is 0 Å². The van der Waals surface area contributed by atoms with Crippen molar-refractivity contribution in [1.82, 2.24) is 5.32 Å². The Hall–Kier alpha value is -0.220. The lowest BCUT2D eigenvalue weighted by molar-refractivity contribution is 0.0163. The average Bonchev–Trinajstić information content (AvgIpc) is 2.61. The van der Waals surface area contributed by atoms with E-state index in [1.807, 2.05) is 0 Å². The predicted octanol–water partition coefficient (Wildman–Crippen LogP) is 3.07. The van der Waals surface area contributed by atoms with Crippen LogP contribution in [-0.2, 0) is 4.74 Å². The topological polar surface area (TPSA) is 21.3 Å². The summed E-state index contributed by atoms with van der Waals surface area (Å²) in [5.74, 6) is 0.807. The minimum Gasteiger partial charge on any atom is -0.374 e. The zero-order valence-electron chi connectivity index (χ0n) is 11.6. The molecule has 0 aromatic rings. The van der Waals surface area contributed by atoms with Gasteiger partial charge in [-0.3, -0.25) is 0 Å². The molecule has 0 saturated heterocycles. The van der Waals surface area contributed by atoms with Gasteiger partial charge < -0.3 is 10.1 Å². The summed E-state index contributed by atoms with van der Waals surface area (Å²) in [5, 5.41) is 3.51. The molecule has 1 N–H and O–H groups in total. The van der Waals surface area contributed by atoms with E-state index in [9.17, 15) is 8.78 Å². The van der Waals surface area contributed by atoms with Gasteiger partial charge in [-0.05, 0) is 36.0 Å². The van der Waals surface area contributed by atoms with E-state index in [1.165, 1.54) is 19.3 Å². The molecule has 106 valence electrons. The highest BCUT2D eigenvalue weighted by Crippen LogP contribution is 2.65. The Bertz CT molecular complexity index is 296. The van der Waals surface area contributed by atoms with Crippen LogP contribution in [0.15, 0.2) is 0 Å². The van der Waals surface area contributed by atoms with Gasteiger partial charge in [0.1, 0.15) is 6.61 Å². The third kappa shape index (κ3) is 2.29. The molecule has 0 spiro atoms. The maximum Gasteiger partial charge on any atom is 0.261 e. The van der Waals surface area contributed by atoms with Crippen LogP contribution in [0.25, 0.3) is 0 Å². The predicted molar refractivity (Wildman–Crippen MR) is 67.8 cm³/mol. The van der Waals surface area contributed by atoms with Crippen molar-refractivity contribution in [2.75, 3.05) is 19.8 Å². The summed E-state index contributed by atoms with van der Waals surface area (Å²) < 4.78 is 28.7. The first-order valence-corrected chi connectivity index (χ1v) is 6.97. The van der Waals surface area contributed by atoms with Gasteiger partial charge in [0.2, 0.25) is 0 Å². The van der Waals surface area contributed by atoms with Gasteiger partial charge in [0, 0.05) is 12.6 Å². The van der Waals surface area contributed by atoms with Crippen molar-refractivity contribution in [3.8, 4) is 0 Å². The monoisotopic (exact) mass is 261 g/mol. The van der Waals surface area contributed by atoms with E-state index in [2.05, 4.69) is 26.1 Å². The molecule has 0 heterocycles. The molecular formula is C14H25F2NO. The summed E-state index contributed by atoms with van der Waals surface area (Å²) >= 11 is 0. The van der Waals surface area contributed by atoms with Gasteiger partial charge in [-0.15, -0.1) is 0 Å². The van der Waals surface area contributed by atoms with Gasteiger partial charge in [-0.1, -0.05) is 20.8 Å². The Kier molecular flexibility index (Phi) is 3.98. The molecule has 3 atom stereocenters. The van der Waals surface area contributed by atoms with Gasteiger partial charge in [0.15, 0.2) is 0 Å². The van der Waals surface area contributed by atoms with Crippen molar-refractivity contribution in [1.29, 1.82) is 0 Å². The van der Waals surface area contributed by atoms with Crippen molar-refractivity contribution < 1.29 is 13.5 Å². The lowest BCUT2D eigenvalue weighted by Crippen LogP contribution is -2.45. The maximum atomic E-state index is 11.9. The van der Waals surface area contributed by atoms with E-state index in [0.29, 0.717) is 30.0 Å². The first-order chi connectivity index (χ1) is 8.38. The molecule has 4 heteroatoms. The summed E-state index contributed by atoms with van der Waals surface area (Å²) in [4.78, 5) is 0. The summed E-state index contributed by atoms with van der Waals surface area (Å²) in [6.07, 6.45) is 1.48. The lowest BCUT2D eigenvalue weighted by atomic mass is 9.69. The van der Waals surface area contributed by atoms with Crippen LogP contribution in [0.4, 0.5) is 8.78 Å². The van der Waals surface area contributed by atoms with Crippen molar-refractivity contribution >= 4 is 0 Å². The minimum absolute atomic E-state index is 0.348. The van der Waals surface area contributed by atoms with Crippen molar-refractivity contribution in [2.45, 2.75) is 52.5 Å². The Morgan fingerprint density at radius 3 is 2.56 bits per heavy atom. The van der Waals surface area contributed by atoms with Gasteiger partial charge in [0.25, 0.3) is 6.43 Å². The van der Waals surface area contributed by atoms with Gasteiger partial charge in [0.05, 0.1) is 6.61 Å². The molecule has 0 radical (unpaired) electrons. The number of ether oxygens (including phenoxy) is 1. The highest BCUT2D eigenvalue weighted by Gasteiger charge is 2.60. The molecule has 2 bridgehead atoms. The molecule has 0 aromatic carbocycles. The molecule has 3 unspecified atom stereocenters. The van der Waals surface area contributed by atoms with Crippen molar-refractivity contribution in [2.24, 2.45) is 16.7 Å². The smallest absolute Gasteiger partial charge is 0.261 e. The number of hydrogen-bond acceptors (Lipinski definition) is 2. The fourth-order valence-electron chi connectivity index (χ4n) is 3.99. The summed E-state index contributed by atoms with van der Waals surface area (Å²) in [6.45, 7) is 7.73. The number of rotatable bonds is 6. The Labute approximate surface area is 108 Å². The van der Waals surface area contributed by atoms with E-state index in [1.54, 1.807) is 0 Å². The summed E-state index contributed by atoms with van der Waals surface area (Å²) in [5.41, 5.74) is 0.745. The van der Waals surface area contributed by atoms with Gasteiger partial charge in [-0.25, -0.2) is 8.78 Å².